The van der Waals surface area contributed by atoms with Crippen molar-refractivity contribution in [3.8, 4) is 0 Å². The molecule has 0 aromatic heterocycles. The molecule has 0 saturated heterocycles. The first kappa shape index (κ1) is 12.4. The van der Waals surface area contributed by atoms with Gasteiger partial charge in [0.05, 0.1) is 10.5 Å². The lowest BCUT2D eigenvalue weighted by Crippen LogP contribution is -2.08. The molecule has 0 atom stereocenters. The highest BCUT2D eigenvalue weighted by molar-refractivity contribution is 7.90. The molecule has 0 unspecified atom stereocenters. The molecule has 1 N–H and O–H groups in total. The number of aromatic carboxylic acids is 1. The van der Waals surface area contributed by atoms with Crippen LogP contribution in [0.1, 0.15) is 22.8 Å². The summed E-state index contributed by atoms with van der Waals surface area (Å²) in [5, 5.41) is 8.97. The number of hydrogen-bond donors (Lipinski definition) is 1. The van der Waals surface area contributed by atoms with Crippen molar-refractivity contribution in [2.75, 3.05) is 6.26 Å². The molecular weight excluding hydrogens is 228 g/mol. The Morgan fingerprint density at radius 3 is 2.31 bits per heavy atom. The molecule has 0 fully saturated rings. The Morgan fingerprint density at radius 2 is 1.94 bits per heavy atom. The zero-order valence-electron chi connectivity index (χ0n) is 9.02. The number of carboxylic acid groups (broad SMARTS) is 1. The molecule has 1 aromatic rings. The van der Waals surface area contributed by atoms with Crippen molar-refractivity contribution >= 4 is 21.4 Å². The zero-order valence-corrected chi connectivity index (χ0v) is 9.84. The summed E-state index contributed by atoms with van der Waals surface area (Å²) in [6, 6.07) is 4.15. The molecule has 16 heavy (non-hydrogen) atoms. The van der Waals surface area contributed by atoms with Gasteiger partial charge in [-0.1, -0.05) is 12.6 Å². The van der Waals surface area contributed by atoms with E-state index in [0.717, 1.165) is 6.26 Å². The van der Waals surface area contributed by atoms with Crippen LogP contribution in [0.2, 0.25) is 0 Å². The van der Waals surface area contributed by atoms with Crippen LogP contribution < -0.4 is 0 Å². The van der Waals surface area contributed by atoms with E-state index in [-0.39, 0.29) is 16.0 Å². The molecule has 0 aliphatic heterocycles. The first-order valence-corrected chi connectivity index (χ1v) is 6.36. The van der Waals surface area contributed by atoms with E-state index in [1.807, 2.05) is 0 Å². The molecule has 0 aliphatic carbocycles. The Balaban J connectivity index is 3.72. The minimum atomic E-state index is -3.46. The Bertz CT molecular complexity index is 555. The van der Waals surface area contributed by atoms with Crippen molar-refractivity contribution < 1.29 is 18.3 Å². The van der Waals surface area contributed by atoms with Gasteiger partial charge in [0.25, 0.3) is 0 Å². The van der Waals surface area contributed by atoms with Crippen molar-refractivity contribution in [1.82, 2.24) is 0 Å². The molecule has 0 amide bonds. The van der Waals surface area contributed by atoms with Gasteiger partial charge in [0, 0.05) is 11.8 Å². The molecule has 0 bridgehead atoms. The minimum Gasteiger partial charge on any atom is -0.478 e. The SMILES string of the molecule is C=C(C)c1c(C(=O)O)cccc1S(C)(=O)=O. The van der Waals surface area contributed by atoms with Crippen LogP contribution in [0.3, 0.4) is 0 Å². The molecule has 0 saturated carbocycles. The second kappa shape index (κ2) is 4.09. The van der Waals surface area contributed by atoms with Crippen molar-refractivity contribution in [2.24, 2.45) is 0 Å². The monoisotopic (exact) mass is 240 g/mol. The van der Waals surface area contributed by atoms with E-state index in [4.69, 9.17) is 5.11 Å². The second-order valence-corrected chi connectivity index (χ2v) is 5.52. The molecule has 0 spiro atoms. The highest BCUT2D eigenvalue weighted by Gasteiger charge is 2.19. The maximum absolute atomic E-state index is 11.5. The van der Waals surface area contributed by atoms with Gasteiger partial charge in [0.2, 0.25) is 0 Å². The summed E-state index contributed by atoms with van der Waals surface area (Å²) >= 11 is 0. The van der Waals surface area contributed by atoms with Crippen LogP contribution in [0.4, 0.5) is 0 Å². The predicted octanol–water partition coefficient (Wildman–Crippen LogP) is 1.82. The summed E-state index contributed by atoms with van der Waals surface area (Å²) in [5.41, 5.74) is 0.548. The van der Waals surface area contributed by atoms with Crippen LogP contribution in [0.25, 0.3) is 5.57 Å². The Hall–Kier alpha value is -1.62. The molecule has 5 heteroatoms. The number of carboxylic acids is 1. The van der Waals surface area contributed by atoms with Crippen molar-refractivity contribution in [3.63, 3.8) is 0 Å². The average Bonchev–Trinajstić information content (AvgIpc) is 2.14. The summed E-state index contributed by atoms with van der Waals surface area (Å²) in [7, 11) is -3.46. The number of carbonyl (C=O) groups is 1. The Kier molecular flexibility index (Phi) is 3.19. The van der Waals surface area contributed by atoms with E-state index in [1.54, 1.807) is 6.92 Å². The number of rotatable bonds is 3. The van der Waals surface area contributed by atoms with Crippen LogP contribution in [0, 0.1) is 0 Å². The van der Waals surface area contributed by atoms with Gasteiger partial charge in [-0.3, -0.25) is 0 Å². The molecular formula is C11H12O4S. The van der Waals surface area contributed by atoms with Crippen LogP contribution in [-0.4, -0.2) is 25.7 Å². The highest BCUT2D eigenvalue weighted by Crippen LogP contribution is 2.26. The fourth-order valence-corrected chi connectivity index (χ4v) is 2.44. The van der Waals surface area contributed by atoms with Gasteiger partial charge in [-0.05, 0) is 24.6 Å². The van der Waals surface area contributed by atoms with Gasteiger partial charge in [-0.2, -0.15) is 0 Å². The largest absolute Gasteiger partial charge is 0.478 e. The van der Waals surface area contributed by atoms with Gasteiger partial charge in [-0.15, -0.1) is 0 Å². The molecule has 1 rings (SSSR count). The first-order valence-electron chi connectivity index (χ1n) is 4.47. The van der Waals surface area contributed by atoms with Crippen molar-refractivity contribution in [1.29, 1.82) is 0 Å². The third-order valence-electron chi connectivity index (χ3n) is 2.08. The number of allylic oxidation sites excluding steroid dienone is 1. The highest BCUT2D eigenvalue weighted by atomic mass is 32.2. The maximum atomic E-state index is 11.5. The summed E-state index contributed by atoms with van der Waals surface area (Å²) in [6.07, 6.45) is 1.04. The smallest absolute Gasteiger partial charge is 0.336 e. The third kappa shape index (κ3) is 2.30. The van der Waals surface area contributed by atoms with E-state index in [1.165, 1.54) is 18.2 Å². The number of hydrogen-bond acceptors (Lipinski definition) is 3. The average molecular weight is 240 g/mol. The quantitative estimate of drug-likeness (QED) is 0.874. The lowest BCUT2D eigenvalue weighted by molar-refractivity contribution is 0.0696. The van der Waals surface area contributed by atoms with Gasteiger partial charge >= 0.3 is 5.97 Å². The van der Waals surface area contributed by atoms with Gasteiger partial charge in [0.1, 0.15) is 0 Å². The van der Waals surface area contributed by atoms with E-state index in [2.05, 4.69) is 6.58 Å². The van der Waals surface area contributed by atoms with Crippen LogP contribution in [0.15, 0.2) is 29.7 Å². The molecule has 1 aromatic carbocycles. The molecule has 4 nitrogen and oxygen atoms in total. The minimum absolute atomic E-state index is 0.0000926. The lowest BCUT2D eigenvalue weighted by Gasteiger charge is -2.10. The van der Waals surface area contributed by atoms with Crippen molar-refractivity contribution in [2.45, 2.75) is 11.8 Å². The fourth-order valence-electron chi connectivity index (χ4n) is 1.46. The third-order valence-corrected chi connectivity index (χ3v) is 3.22. The van der Waals surface area contributed by atoms with Gasteiger partial charge < -0.3 is 5.11 Å². The van der Waals surface area contributed by atoms with Gasteiger partial charge in [0.15, 0.2) is 9.84 Å². The van der Waals surface area contributed by atoms with E-state index in [9.17, 15) is 13.2 Å². The van der Waals surface area contributed by atoms with Crippen LogP contribution >= 0.6 is 0 Å². The fraction of sp³-hybridized carbons (Fsp3) is 0.182. The summed E-state index contributed by atoms with van der Waals surface area (Å²) < 4.78 is 23.0. The topological polar surface area (TPSA) is 71.4 Å². The molecule has 0 heterocycles. The Labute approximate surface area is 94.1 Å². The first-order chi connectivity index (χ1) is 7.25. The molecule has 0 aliphatic rings. The van der Waals surface area contributed by atoms with Gasteiger partial charge in [-0.25, -0.2) is 13.2 Å². The lowest BCUT2D eigenvalue weighted by atomic mass is 10.0. The maximum Gasteiger partial charge on any atom is 0.336 e. The van der Waals surface area contributed by atoms with Crippen molar-refractivity contribution in [3.05, 3.63) is 35.9 Å². The predicted molar refractivity (Wildman–Crippen MR) is 61.2 cm³/mol. The number of benzene rings is 1. The van der Waals surface area contributed by atoms with Crippen LogP contribution in [-0.2, 0) is 9.84 Å². The second-order valence-electron chi connectivity index (χ2n) is 3.54. The van der Waals surface area contributed by atoms with Crippen LogP contribution in [0.5, 0.6) is 0 Å². The molecule has 86 valence electrons. The normalized spacial score (nSPS) is 11.1. The molecule has 0 radical (unpaired) electrons. The number of sulfone groups is 1. The van der Waals surface area contributed by atoms with E-state index < -0.39 is 15.8 Å². The van der Waals surface area contributed by atoms with E-state index >= 15 is 0 Å². The summed E-state index contributed by atoms with van der Waals surface area (Å²) in [5.74, 6) is -1.16. The summed E-state index contributed by atoms with van der Waals surface area (Å²) in [6.45, 7) is 5.19. The Morgan fingerprint density at radius 1 is 1.38 bits per heavy atom. The summed E-state index contributed by atoms with van der Waals surface area (Å²) in [4.78, 5) is 11.0. The zero-order chi connectivity index (χ0) is 12.5. The standard InChI is InChI=1S/C11H12O4S/c1-7(2)10-8(11(12)13)5-4-6-9(10)16(3,14)15/h4-6H,1H2,2-3H3,(H,12,13). The van der Waals surface area contributed by atoms with E-state index in [0.29, 0.717) is 5.57 Å².